The van der Waals surface area contributed by atoms with Crippen LogP contribution in [-0.4, -0.2) is 38.6 Å². The van der Waals surface area contributed by atoms with Gasteiger partial charge in [-0.05, 0) is 31.5 Å². The summed E-state index contributed by atoms with van der Waals surface area (Å²) < 4.78 is 7.09. The second-order valence-electron chi connectivity index (χ2n) is 5.76. The van der Waals surface area contributed by atoms with Gasteiger partial charge in [0.2, 0.25) is 0 Å². The van der Waals surface area contributed by atoms with Gasteiger partial charge in [-0.15, -0.1) is 0 Å². The molecular weight excluding hydrogens is 294 g/mol. The van der Waals surface area contributed by atoms with Crippen molar-refractivity contribution in [3.63, 3.8) is 0 Å². The van der Waals surface area contributed by atoms with Gasteiger partial charge in [0.15, 0.2) is 5.65 Å². The van der Waals surface area contributed by atoms with Gasteiger partial charge in [0.1, 0.15) is 11.6 Å². The summed E-state index contributed by atoms with van der Waals surface area (Å²) in [5, 5.41) is 7.28. The molecule has 0 aliphatic carbocycles. The SMILES string of the molecule is Cc1cc2nccc(NC(=O)N3CCC(c4ccco4)C3)n2n1. The van der Waals surface area contributed by atoms with E-state index in [-0.39, 0.29) is 11.9 Å². The minimum atomic E-state index is -0.125. The summed E-state index contributed by atoms with van der Waals surface area (Å²) in [4.78, 5) is 18.5. The third-order valence-electron chi connectivity index (χ3n) is 4.14. The fourth-order valence-electron chi connectivity index (χ4n) is 2.99. The smallest absolute Gasteiger partial charge is 0.323 e. The van der Waals surface area contributed by atoms with Crippen molar-refractivity contribution in [1.82, 2.24) is 19.5 Å². The van der Waals surface area contributed by atoms with Gasteiger partial charge in [-0.25, -0.2) is 9.78 Å². The molecule has 2 amide bonds. The summed E-state index contributed by atoms with van der Waals surface area (Å²) in [6.07, 6.45) is 4.25. The van der Waals surface area contributed by atoms with Gasteiger partial charge in [-0.1, -0.05) is 0 Å². The highest BCUT2D eigenvalue weighted by Crippen LogP contribution is 2.27. The number of hydrogen-bond donors (Lipinski definition) is 1. The Morgan fingerprint density at radius 1 is 1.43 bits per heavy atom. The summed E-state index contributed by atoms with van der Waals surface area (Å²) >= 11 is 0. The number of anilines is 1. The number of nitrogens with one attached hydrogen (secondary N) is 1. The summed E-state index contributed by atoms with van der Waals surface area (Å²) in [5.41, 5.74) is 1.58. The van der Waals surface area contributed by atoms with Crippen molar-refractivity contribution in [3.8, 4) is 0 Å². The second kappa shape index (κ2) is 5.42. The number of carbonyl (C=O) groups is 1. The first-order valence-electron chi connectivity index (χ1n) is 7.61. The van der Waals surface area contributed by atoms with Crippen molar-refractivity contribution in [2.45, 2.75) is 19.3 Å². The minimum absolute atomic E-state index is 0.125. The normalized spacial score (nSPS) is 17.8. The first-order chi connectivity index (χ1) is 11.2. The predicted octanol–water partition coefficient (Wildman–Crippen LogP) is 2.65. The summed E-state index contributed by atoms with van der Waals surface area (Å²) in [5.74, 6) is 1.82. The standard InChI is InChI=1S/C16H17N5O2/c1-11-9-15-17-6-4-14(21(15)19-11)18-16(22)20-7-5-12(10-20)13-3-2-8-23-13/h2-4,6,8-9,12H,5,7,10H2,1H3,(H,18,22). The zero-order valence-electron chi connectivity index (χ0n) is 12.8. The number of furan rings is 1. The number of carbonyl (C=O) groups excluding carboxylic acids is 1. The van der Waals surface area contributed by atoms with E-state index in [0.717, 1.165) is 23.5 Å². The van der Waals surface area contributed by atoms with Gasteiger partial charge in [-0.2, -0.15) is 9.61 Å². The van der Waals surface area contributed by atoms with E-state index in [0.29, 0.717) is 18.9 Å². The molecule has 1 saturated heterocycles. The van der Waals surface area contributed by atoms with E-state index in [2.05, 4.69) is 15.4 Å². The quantitative estimate of drug-likeness (QED) is 0.789. The molecule has 1 atom stereocenters. The molecule has 0 radical (unpaired) electrons. The van der Waals surface area contributed by atoms with Gasteiger partial charge in [-0.3, -0.25) is 5.32 Å². The number of fused-ring (bicyclic) bond motifs is 1. The van der Waals surface area contributed by atoms with Gasteiger partial charge >= 0.3 is 6.03 Å². The molecule has 4 heterocycles. The predicted molar refractivity (Wildman–Crippen MR) is 84.4 cm³/mol. The van der Waals surface area contributed by atoms with Crippen LogP contribution in [0.2, 0.25) is 0 Å². The van der Waals surface area contributed by atoms with Gasteiger partial charge in [0.05, 0.1) is 12.0 Å². The van der Waals surface area contributed by atoms with Crippen LogP contribution in [0.25, 0.3) is 5.65 Å². The van der Waals surface area contributed by atoms with E-state index in [1.165, 1.54) is 0 Å². The number of aromatic nitrogens is 3. The van der Waals surface area contributed by atoms with Crippen LogP contribution in [0.15, 0.2) is 41.1 Å². The Morgan fingerprint density at radius 2 is 2.35 bits per heavy atom. The Bertz CT molecular complexity index is 839. The summed E-state index contributed by atoms with van der Waals surface area (Å²) in [6.45, 7) is 3.27. The highest BCUT2D eigenvalue weighted by molar-refractivity contribution is 5.88. The summed E-state index contributed by atoms with van der Waals surface area (Å²) in [6, 6.07) is 7.34. The van der Waals surface area contributed by atoms with E-state index in [4.69, 9.17) is 4.42 Å². The van der Waals surface area contributed by atoms with Gasteiger partial charge in [0, 0.05) is 31.3 Å². The number of amides is 2. The third-order valence-corrected chi connectivity index (χ3v) is 4.14. The van der Waals surface area contributed by atoms with Crippen molar-refractivity contribution in [1.29, 1.82) is 0 Å². The molecule has 3 aromatic rings. The van der Waals surface area contributed by atoms with E-state index in [9.17, 15) is 4.79 Å². The molecule has 0 saturated carbocycles. The number of rotatable bonds is 2. The maximum atomic E-state index is 12.5. The highest BCUT2D eigenvalue weighted by Gasteiger charge is 2.29. The van der Waals surface area contributed by atoms with Gasteiger partial charge < -0.3 is 9.32 Å². The number of nitrogens with zero attached hydrogens (tertiary/aromatic N) is 4. The molecule has 4 rings (SSSR count). The van der Waals surface area contributed by atoms with E-state index in [1.54, 1.807) is 27.9 Å². The molecule has 7 nitrogen and oxygen atoms in total. The number of urea groups is 1. The molecule has 1 N–H and O–H groups in total. The zero-order chi connectivity index (χ0) is 15.8. The minimum Gasteiger partial charge on any atom is -0.469 e. The van der Waals surface area contributed by atoms with Crippen LogP contribution in [0.5, 0.6) is 0 Å². The van der Waals surface area contributed by atoms with Crippen LogP contribution in [-0.2, 0) is 0 Å². The van der Waals surface area contributed by atoms with Crippen LogP contribution < -0.4 is 5.32 Å². The van der Waals surface area contributed by atoms with Crippen molar-refractivity contribution >= 4 is 17.5 Å². The lowest BCUT2D eigenvalue weighted by atomic mass is 10.1. The lowest BCUT2D eigenvalue weighted by Crippen LogP contribution is -2.33. The molecule has 1 aliphatic rings. The first-order valence-corrected chi connectivity index (χ1v) is 7.61. The molecule has 1 fully saturated rings. The summed E-state index contributed by atoms with van der Waals surface area (Å²) in [7, 11) is 0. The molecule has 0 spiro atoms. The molecular formula is C16H17N5O2. The average molecular weight is 311 g/mol. The van der Waals surface area contributed by atoms with Crippen LogP contribution in [0.1, 0.15) is 23.8 Å². The maximum Gasteiger partial charge on any atom is 0.323 e. The molecule has 23 heavy (non-hydrogen) atoms. The van der Waals surface area contributed by atoms with Gasteiger partial charge in [0.25, 0.3) is 0 Å². The molecule has 118 valence electrons. The maximum absolute atomic E-state index is 12.5. The Balaban J connectivity index is 1.49. The van der Waals surface area contributed by atoms with Crippen LogP contribution >= 0.6 is 0 Å². The number of aryl methyl sites for hydroxylation is 1. The first kappa shape index (κ1) is 13.8. The molecule has 7 heteroatoms. The largest absolute Gasteiger partial charge is 0.469 e. The molecule has 1 aliphatic heterocycles. The van der Waals surface area contributed by atoms with Crippen molar-refractivity contribution in [2.24, 2.45) is 0 Å². The Morgan fingerprint density at radius 3 is 3.17 bits per heavy atom. The topological polar surface area (TPSA) is 75.7 Å². The van der Waals surface area contributed by atoms with Crippen molar-refractivity contribution in [2.75, 3.05) is 18.4 Å². The van der Waals surface area contributed by atoms with E-state index >= 15 is 0 Å². The Kier molecular flexibility index (Phi) is 3.25. The second-order valence-corrected chi connectivity index (χ2v) is 5.76. The van der Waals surface area contributed by atoms with Crippen LogP contribution in [0, 0.1) is 6.92 Å². The Labute approximate surface area is 132 Å². The molecule has 0 aromatic carbocycles. The molecule has 3 aromatic heterocycles. The van der Waals surface area contributed by atoms with Crippen molar-refractivity contribution < 1.29 is 9.21 Å². The fourth-order valence-corrected chi connectivity index (χ4v) is 2.99. The van der Waals surface area contributed by atoms with Crippen LogP contribution in [0.3, 0.4) is 0 Å². The van der Waals surface area contributed by atoms with E-state index in [1.807, 2.05) is 25.1 Å². The zero-order valence-corrected chi connectivity index (χ0v) is 12.8. The highest BCUT2D eigenvalue weighted by atomic mass is 16.3. The lowest BCUT2D eigenvalue weighted by molar-refractivity contribution is 0.221. The number of hydrogen-bond acceptors (Lipinski definition) is 4. The fraction of sp³-hybridized carbons (Fsp3) is 0.312. The third kappa shape index (κ3) is 2.54. The average Bonchev–Trinajstić information content (AvgIpc) is 3.26. The van der Waals surface area contributed by atoms with Crippen molar-refractivity contribution in [3.05, 3.63) is 48.2 Å². The van der Waals surface area contributed by atoms with E-state index < -0.39 is 0 Å². The van der Waals surface area contributed by atoms with Crippen LogP contribution in [0.4, 0.5) is 10.6 Å². The monoisotopic (exact) mass is 311 g/mol. The lowest BCUT2D eigenvalue weighted by Gasteiger charge is -2.17. The Hall–Kier alpha value is -2.83. The molecule has 0 bridgehead atoms. The number of likely N-dealkylation sites (tertiary alicyclic amines) is 1. The molecule has 1 unspecified atom stereocenters.